The van der Waals surface area contributed by atoms with E-state index in [2.05, 4.69) is 23.2 Å². The van der Waals surface area contributed by atoms with Gasteiger partial charge in [-0.2, -0.15) is 0 Å². The van der Waals surface area contributed by atoms with Gasteiger partial charge in [0.2, 0.25) is 0 Å². The Morgan fingerprint density at radius 2 is 1.64 bits per heavy atom. The van der Waals surface area contributed by atoms with Crippen LogP contribution in [0.15, 0.2) is 90.1 Å². The summed E-state index contributed by atoms with van der Waals surface area (Å²) < 4.78 is 1.79. The van der Waals surface area contributed by atoms with E-state index in [1.54, 1.807) is 17.0 Å². The predicted octanol–water partition coefficient (Wildman–Crippen LogP) is 4.31. The Balaban J connectivity index is 1.65. The number of fused-ring (bicyclic) bond motifs is 1. The molecule has 3 nitrogen and oxygen atoms in total. The van der Waals surface area contributed by atoms with Gasteiger partial charge in [0.1, 0.15) is 0 Å². The van der Waals surface area contributed by atoms with Crippen LogP contribution < -0.4 is 5.56 Å². The van der Waals surface area contributed by atoms with Crippen molar-refractivity contribution in [3.63, 3.8) is 0 Å². The average molecular weight is 326 g/mol. The molecular weight excluding hydrogens is 308 g/mol. The Hall–Kier alpha value is -3.20. The van der Waals surface area contributed by atoms with Crippen LogP contribution in [0.4, 0.5) is 0 Å². The zero-order chi connectivity index (χ0) is 17.1. The predicted molar refractivity (Wildman–Crippen MR) is 102 cm³/mol. The SMILES string of the molecule is O=c1c2ccc(-c3ccncc3)cc2ccn1CCc1ccccc1. The van der Waals surface area contributed by atoms with E-state index >= 15 is 0 Å². The summed E-state index contributed by atoms with van der Waals surface area (Å²) in [5, 5.41) is 1.73. The Kier molecular flexibility index (Phi) is 4.13. The molecule has 0 atom stereocenters. The minimum Gasteiger partial charge on any atom is -0.315 e. The second kappa shape index (κ2) is 6.73. The number of hydrogen-bond donors (Lipinski definition) is 0. The first-order valence-corrected chi connectivity index (χ1v) is 8.39. The molecule has 0 bridgehead atoms. The molecule has 0 aliphatic rings. The van der Waals surface area contributed by atoms with E-state index in [-0.39, 0.29) is 5.56 Å². The zero-order valence-electron chi connectivity index (χ0n) is 13.8. The highest BCUT2D eigenvalue weighted by Gasteiger charge is 2.05. The second-order valence-corrected chi connectivity index (χ2v) is 6.09. The molecule has 0 fully saturated rings. The molecule has 25 heavy (non-hydrogen) atoms. The molecule has 2 aromatic carbocycles. The van der Waals surface area contributed by atoms with Gasteiger partial charge in [0, 0.05) is 30.5 Å². The summed E-state index contributed by atoms with van der Waals surface area (Å²) in [4.78, 5) is 16.8. The van der Waals surface area contributed by atoms with Gasteiger partial charge < -0.3 is 4.57 Å². The van der Waals surface area contributed by atoms with Gasteiger partial charge >= 0.3 is 0 Å². The number of hydrogen-bond acceptors (Lipinski definition) is 2. The molecule has 3 heteroatoms. The van der Waals surface area contributed by atoms with E-state index in [4.69, 9.17) is 0 Å². The van der Waals surface area contributed by atoms with Crippen LogP contribution in [0.25, 0.3) is 21.9 Å². The van der Waals surface area contributed by atoms with Crippen molar-refractivity contribution in [1.82, 2.24) is 9.55 Å². The molecule has 0 spiro atoms. The molecule has 4 rings (SSSR count). The van der Waals surface area contributed by atoms with E-state index in [0.29, 0.717) is 6.54 Å². The van der Waals surface area contributed by atoms with Crippen LogP contribution in [0, 0.1) is 0 Å². The largest absolute Gasteiger partial charge is 0.315 e. The van der Waals surface area contributed by atoms with Crippen LogP contribution in [0.5, 0.6) is 0 Å². The smallest absolute Gasteiger partial charge is 0.258 e. The second-order valence-electron chi connectivity index (χ2n) is 6.09. The van der Waals surface area contributed by atoms with Crippen molar-refractivity contribution < 1.29 is 0 Å². The molecule has 0 radical (unpaired) electrons. The Morgan fingerprint density at radius 1 is 0.840 bits per heavy atom. The van der Waals surface area contributed by atoms with Crippen molar-refractivity contribution in [2.24, 2.45) is 0 Å². The Labute approximate surface area is 146 Å². The summed E-state index contributed by atoms with van der Waals surface area (Å²) in [7, 11) is 0. The van der Waals surface area contributed by atoms with Gasteiger partial charge in [0.15, 0.2) is 0 Å². The summed E-state index contributed by atoms with van der Waals surface area (Å²) in [6, 6.07) is 22.2. The maximum absolute atomic E-state index is 12.8. The summed E-state index contributed by atoms with van der Waals surface area (Å²) >= 11 is 0. The molecule has 2 heterocycles. The first kappa shape index (κ1) is 15.3. The fourth-order valence-corrected chi connectivity index (χ4v) is 3.08. The molecular formula is C22H18N2O. The lowest BCUT2D eigenvalue weighted by Gasteiger charge is -2.09. The van der Waals surface area contributed by atoms with E-state index in [0.717, 1.165) is 28.3 Å². The van der Waals surface area contributed by atoms with Crippen LogP contribution >= 0.6 is 0 Å². The van der Waals surface area contributed by atoms with Gasteiger partial charge in [-0.05, 0) is 58.8 Å². The highest BCUT2D eigenvalue weighted by molar-refractivity contribution is 5.86. The lowest BCUT2D eigenvalue weighted by Crippen LogP contribution is -2.20. The van der Waals surface area contributed by atoms with E-state index in [1.165, 1.54) is 5.56 Å². The van der Waals surface area contributed by atoms with Crippen LogP contribution in [-0.4, -0.2) is 9.55 Å². The third-order valence-electron chi connectivity index (χ3n) is 4.47. The normalized spacial score (nSPS) is 10.9. The molecule has 0 saturated carbocycles. The third-order valence-corrected chi connectivity index (χ3v) is 4.47. The van der Waals surface area contributed by atoms with Crippen LogP contribution in [0.2, 0.25) is 0 Å². The van der Waals surface area contributed by atoms with Crippen LogP contribution in [0.1, 0.15) is 5.56 Å². The molecule has 4 aromatic rings. The minimum atomic E-state index is 0.0645. The van der Waals surface area contributed by atoms with E-state index < -0.39 is 0 Å². The molecule has 0 saturated heterocycles. The van der Waals surface area contributed by atoms with E-state index in [9.17, 15) is 4.79 Å². The number of rotatable bonds is 4. The molecule has 2 aromatic heterocycles. The van der Waals surface area contributed by atoms with Crippen molar-refractivity contribution in [2.45, 2.75) is 13.0 Å². The van der Waals surface area contributed by atoms with Crippen LogP contribution in [0.3, 0.4) is 0 Å². The van der Waals surface area contributed by atoms with E-state index in [1.807, 2.05) is 54.7 Å². The Bertz CT molecular complexity index is 1050. The summed E-state index contributed by atoms with van der Waals surface area (Å²) in [6.45, 7) is 0.685. The van der Waals surface area contributed by atoms with Crippen molar-refractivity contribution in [3.8, 4) is 11.1 Å². The molecule has 0 amide bonds. The summed E-state index contributed by atoms with van der Waals surface area (Å²) in [5.41, 5.74) is 3.50. The number of nitrogens with zero attached hydrogens (tertiary/aromatic N) is 2. The molecule has 0 aliphatic carbocycles. The third kappa shape index (κ3) is 3.22. The fraction of sp³-hybridized carbons (Fsp3) is 0.0909. The first-order valence-electron chi connectivity index (χ1n) is 8.39. The number of pyridine rings is 2. The lowest BCUT2D eigenvalue weighted by molar-refractivity contribution is 0.675. The summed E-state index contributed by atoms with van der Waals surface area (Å²) in [5.74, 6) is 0. The number of aromatic nitrogens is 2. The average Bonchev–Trinajstić information content (AvgIpc) is 2.69. The van der Waals surface area contributed by atoms with Gasteiger partial charge in [0.25, 0.3) is 5.56 Å². The Morgan fingerprint density at radius 3 is 2.44 bits per heavy atom. The molecule has 0 aliphatic heterocycles. The molecule has 0 unspecified atom stereocenters. The van der Waals surface area contributed by atoms with Crippen molar-refractivity contribution in [2.75, 3.05) is 0 Å². The van der Waals surface area contributed by atoms with Crippen molar-refractivity contribution in [3.05, 3.63) is 101 Å². The fourth-order valence-electron chi connectivity index (χ4n) is 3.08. The summed E-state index contributed by atoms with van der Waals surface area (Å²) in [6.07, 6.45) is 6.30. The maximum atomic E-state index is 12.8. The zero-order valence-corrected chi connectivity index (χ0v) is 13.8. The minimum absolute atomic E-state index is 0.0645. The van der Waals surface area contributed by atoms with Gasteiger partial charge in [-0.1, -0.05) is 36.4 Å². The topological polar surface area (TPSA) is 34.9 Å². The first-order chi connectivity index (χ1) is 12.3. The highest BCUT2D eigenvalue weighted by Crippen LogP contribution is 2.22. The van der Waals surface area contributed by atoms with Crippen LogP contribution in [-0.2, 0) is 13.0 Å². The van der Waals surface area contributed by atoms with Crippen molar-refractivity contribution in [1.29, 1.82) is 0 Å². The van der Waals surface area contributed by atoms with Gasteiger partial charge in [-0.15, -0.1) is 0 Å². The van der Waals surface area contributed by atoms with Gasteiger partial charge in [-0.3, -0.25) is 9.78 Å². The number of benzene rings is 2. The standard InChI is InChI=1S/C22H18N2O/c25-22-21-7-6-19(18-8-12-23-13-9-18)16-20(21)11-15-24(22)14-10-17-4-2-1-3-5-17/h1-9,11-13,15-16H,10,14H2. The monoisotopic (exact) mass is 326 g/mol. The lowest BCUT2D eigenvalue weighted by atomic mass is 10.0. The maximum Gasteiger partial charge on any atom is 0.258 e. The van der Waals surface area contributed by atoms with Gasteiger partial charge in [-0.25, -0.2) is 0 Å². The highest BCUT2D eigenvalue weighted by atomic mass is 16.1. The molecule has 0 N–H and O–H groups in total. The molecule has 122 valence electrons. The quantitative estimate of drug-likeness (QED) is 0.560. The van der Waals surface area contributed by atoms with Gasteiger partial charge in [0.05, 0.1) is 0 Å². The number of aryl methyl sites for hydroxylation is 2. The van der Waals surface area contributed by atoms with Crippen molar-refractivity contribution >= 4 is 10.8 Å².